The third-order valence-electron chi connectivity index (χ3n) is 10.7. The summed E-state index contributed by atoms with van der Waals surface area (Å²) >= 11 is 0. The molecule has 1 aliphatic rings. The predicted octanol–water partition coefficient (Wildman–Crippen LogP) is 10.4. The Balaban J connectivity index is 2.31. The minimum Gasteiger partial charge on any atom is -0.462 e. The van der Waals surface area contributed by atoms with Crippen LogP contribution in [0.25, 0.3) is 0 Å². The van der Waals surface area contributed by atoms with E-state index in [0.29, 0.717) is 6.42 Å². The van der Waals surface area contributed by atoms with E-state index in [0.717, 1.165) is 57.8 Å². The second kappa shape index (κ2) is 39.8. The number of aliphatic hydroxyl groups excluding tert-OH is 4. The van der Waals surface area contributed by atoms with Crippen molar-refractivity contribution < 1.29 is 49.0 Å². The van der Waals surface area contributed by atoms with Crippen LogP contribution in [0.1, 0.15) is 194 Å². The van der Waals surface area contributed by atoms with Gasteiger partial charge in [-0.15, -0.1) is 0 Å². The molecule has 0 aromatic heterocycles. The second-order valence-corrected chi connectivity index (χ2v) is 16.2. The van der Waals surface area contributed by atoms with E-state index in [1.165, 1.54) is 103 Å². The Morgan fingerprint density at radius 3 is 1.51 bits per heavy atom. The van der Waals surface area contributed by atoms with Crippen molar-refractivity contribution in [2.45, 2.75) is 230 Å². The Morgan fingerprint density at radius 1 is 0.542 bits per heavy atom. The molecular weight excluding hydrogens is 749 g/mol. The molecule has 342 valence electrons. The molecule has 1 rings (SSSR count). The van der Waals surface area contributed by atoms with Gasteiger partial charge in [0.2, 0.25) is 0 Å². The minimum absolute atomic E-state index is 0.178. The van der Waals surface area contributed by atoms with Gasteiger partial charge in [-0.25, -0.2) is 0 Å². The third-order valence-corrected chi connectivity index (χ3v) is 10.7. The summed E-state index contributed by atoms with van der Waals surface area (Å²) in [4.78, 5) is 25.4. The van der Waals surface area contributed by atoms with Crippen LogP contribution in [0.5, 0.6) is 0 Å². The molecule has 10 heteroatoms. The molecule has 10 nitrogen and oxygen atoms in total. The smallest absolute Gasteiger partial charge is 0.306 e. The van der Waals surface area contributed by atoms with E-state index in [9.17, 15) is 30.0 Å². The first-order chi connectivity index (χ1) is 28.8. The van der Waals surface area contributed by atoms with Crippen molar-refractivity contribution in [3.05, 3.63) is 48.6 Å². The number of carbonyl (C=O) groups excluding carboxylic acids is 2. The molecule has 1 aliphatic heterocycles. The SMILES string of the molecule is CC/C=C\C/C=C\C/C=C\C/C=C\CCCCC(=O)OC(COC(=O)CCCCCCCCCCCCCCCCCCCCC)COC1OC(CO)C(O)C(O)C1O. The fourth-order valence-electron chi connectivity index (χ4n) is 7.00. The van der Waals surface area contributed by atoms with Crippen molar-refractivity contribution in [3.8, 4) is 0 Å². The van der Waals surface area contributed by atoms with Crippen LogP contribution < -0.4 is 0 Å². The Hall–Kier alpha value is -2.34. The van der Waals surface area contributed by atoms with Gasteiger partial charge < -0.3 is 39.4 Å². The van der Waals surface area contributed by atoms with Crippen molar-refractivity contribution in [1.29, 1.82) is 0 Å². The number of rotatable bonds is 39. The molecular formula is C49H86O10. The van der Waals surface area contributed by atoms with Crippen LogP contribution in [0, 0.1) is 0 Å². The number of esters is 2. The first kappa shape index (κ1) is 54.7. The van der Waals surface area contributed by atoms with Gasteiger partial charge in [0, 0.05) is 12.8 Å². The molecule has 0 amide bonds. The maximum Gasteiger partial charge on any atom is 0.306 e. The molecule has 0 radical (unpaired) electrons. The van der Waals surface area contributed by atoms with E-state index in [1.807, 2.05) is 0 Å². The molecule has 0 aliphatic carbocycles. The minimum atomic E-state index is -1.60. The standard InChI is InChI=1S/C49H86O10/c1-3-5-7-9-11-13-15-17-19-20-21-22-24-25-27-29-31-33-35-37-44(51)56-40-42(41-57-49-48(55)47(54)46(53)43(39-50)59-49)58-45(52)38-36-34-32-30-28-26-23-18-16-14-12-10-8-6-4-2/h6,8,12,14,18,23,28,30,42-43,46-50,53-55H,3-5,7,9-11,13,15-17,19-22,24-27,29,31-41H2,1-2H3/b8-6-,14-12-,23-18-,30-28-. The molecule has 0 bridgehead atoms. The first-order valence-corrected chi connectivity index (χ1v) is 23.7. The van der Waals surface area contributed by atoms with E-state index in [2.05, 4.69) is 62.5 Å². The quantitative estimate of drug-likeness (QED) is 0.0267. The Kier molecular flexibility index (Phi) is 36.9. The Bertz CT molecular complexity index is 1100. The van der Waals surface area contributed by atoms with Crippen LogP contribution in [0.2, 0.25) is 0 Å². The average Bonchev–Trinajstić information content (AvgIpc) is 3.23. The van der Waals surface area contributed by atoms with Crippen molar-refractivity contribution >= 4 is 11.9 Å². The maximum absolute atomic E-state index is 12.8. The van der Waals surface area contributed by atoms with Crippen molar-refractivity contribution in [3.63, 3.8) is 0 Å². The van der Waals surface area contributed by atoms with Crippen LogP contribution in [-0.2, 0) is 28.5 Å². The molecule has 6 atom stereocenters. The molecule has 0 saturated carbocycles. The summed E-state index contributed by atoms with van der Waals surface area (Å²) in [5.41, 5.74) is 0. The molecule has 1 heterocycles. The van der Waals surface area contributed by atoms with E-state index >= 15 is 0 Å². The first-order valence-electron chi connectivity index (χ1n) is 23.7. The lowest BCUT2D eigenvalue weighted by Gasteiger charge is -2.39. The average molecular weight is 835 g/mol. The van der Waals surface area contributed by atoms with E-state index in [1.54, 1.807) is 0 Å². The van der Waals surface area contributed by atoms with Crippen LogP contribution >= 0.6 is 0 Å². The zero-order valence-corrected chi connectivity index (χ0v) is 37.2. The van der Waals surface area contributed by atoms with Gasteiger partial charge in [-0.05, 0) is 51.4 Å². The third kappa shape index (κ3) is 31.2. The van der Waals surface area contributed by atoms with Gasteiger partial charge in [-0.1, -0.05) is 178 Å². The molecule has 0 aromatic carbocycles. The number of ether oxygens (including phenoxy) is 4. The molecule has 1 fully saturated rings. The summed E-state index contributed by atoms with van der Waals surface area (Å²) < 4.78 is 22.1. The molecule has 4 N–H and O–H groups in total. The van der Waals surface area contributed by atoms with Crippen molar-refractivity contribution in [2.75, 3.05) is 19.8 Å². The van der Waals surface area contributed by atoms with Gasteiger partial charge in [0.25, 0.3) is 0 Å². The van der Waals surface area contributed by atoms with Crippen LogP contribution in [-0.4, -0.2) is 89.0 Å². The predicted molar refractivity (Wildman–Crippen MR) is 238 cm³/mol. The zero-order valence-electron chi connectivity index (χ0n) is 37.2. The summed E-state index contributed by atoms with van der Waals surface area (Å²) in [5.74, 6) is -0.851. The van der Waals surface area contributed by atoms with Gasteiger partial charge in [0.1, 0.15) is 31.0 Å². The fourth-order valence-corrected chi connectivity index (χ4v) is 7.00. The number of unbranched alkanes of at least 4 members (excludes halogenated alkanes) is 20. The van der Waals surface area contributed by atoms with Gasteiger partial charge >= 0.3 is 11.9 Å². The summed E-state index contributed by atoms with van der Waals surface area (Å²) in [6.07, 6.45) is 39.8. The number of allylic oxidation sites excluding steroid dienone is 8. The number of carbonyl (C=O) groups is 2. The summed E-state index contributed by atoms with van der Waals surface area (Å²) in [6, 6.07) is 0. The Labute approximate surface area is 358 Å². The molecule has 0 aromatic rings. The summed E-state index contributed by atoms with van der Waals surface area (Å²) in [5, 5.41) is 40.1. The molecule has 6 unspecified atom stereocenters. The van der Waals surface area contributed by atoms with Crippen molar-refractivity contribution in [1.82, 2.24) is 0 Å². The summed E-state index contributed by atoms with van der Waals surface area (Å²) in [7, 11) is 0. The van der Waals surface area contributed by atoms with Gasteiger partial charge in [0.15, 0.2) is 12.4 Å². The summed E-state index contributed by atoms with van der Waals surface area (Å²) in [6.45, 7) is 3.28. The number of hydrogen-bond donors (Lipinski definition) is 4. The van der Waals surface area contributed by atoms with E-state index < -0.39 is 49.4 Å². The van der Waals surface area contributed by atoms with Crippen molar-refractivity contribution in [2.24, 2.45) is 0 Å². The Morgan fingerprint density at radius 2 is 1.00 bits per heavy atom. The maximum atomic E-state index is 12.8. The topological polar surface area (TPSA) is 152 Å². The highest BCUT2D eigenvalue weighted by Gasteiger charge is 2.44. The van der Waals surface area contributed by atoms with Crippen LogP contribution in [0.15, 0.2) is 48.6 Å². The highest BCUT2D eigenvalue weighted by Crippen LogP contribution is 2.23. The molecule has 0 spiro atoms. The fraction of sp³-hybridized carbons (Fsp3) is 0.796. The van der Waals surface area contributed by atoms with Gasteiger partial charge in [0.05, 0.1) is 13.2 Å². The number of hydrogen-bond acceptors (Lipinski definition) is 10. The highest BCUT2D eigenvalue weighted by atomic mass is 16.7. The second-order valence-electron chi connectivity index (χ2n) is 16.2. The van der Waals surface area contributed by atoms with E-state index in [4.69, 9.17) is 18.9 Å². The molecule has 59 heavy (non-hydrogen) atoms. The number of aliphatic hydroxyl groups is 4. The zero-order chi connectivity index (χ0) is 43.0. The van der Waals surface area contributed by atoms with Gasteiger partial charge in [-0.3, -0.25) is 9.59 Å². The van der Waals surface area contributed by atoms with Gasteiger partial charge in [-0.2, -0.15) is 0 Å². The monoisotopic (exact) mass is 835 g/mol. The lowest BCUT2D eigenvalue weighted by atomic mass is 9.99. The van der Waals surface area contributed by atoms with Crippen LogP contribution in [0.4, 0.5) is 0 Å². The van der Waals surface area contributed by atoms with E-state index in [-0.39, 0.29) is 32.0 Å². The normalized spacial score (nSPS) is 20.4. The lowest BCUT2D eigenvalue weighted by molar-refractivity contribution is -0.305. The molecule has 1 saturated heterocycles. The highest BCUT2D eigenvalue weighted by molar-refractivity contribution is 5.70. The van der Waals surface area contributed by atoms with Crippen LogP contribution in [0.3, 0.4) is 0 Å². The lowest BCUT2D eigenvalue weighted by Crippen LogP contribution is -2.59. The largest absolute Gasteiger partial charge is 0.462 e.